The molecule has 2 rings (SSSR count). The fourth-order valence-electron chi connectivity index (χ4n) is 2.56. The van der Waals surface area contributed by atoms with E-state index in [4.69, 9.17) is 5.73 Å². The maximum Gasteiger partial charge on any atom is 0.243 e. The zero-order valence-corrected chi connectivity index (χ0v) is 12.4. The summed E-state index contributed by atoms with van der Waals surface area (Å²) in [5, 5.41) is 0. The Morgan fingerprint density at radius 2 is 2.11 bits per heavy atom. The molecule has 1 heterocycles. The summed E-state index contributed by atoms with van der Waals surface area (Å²) in [5.74, 6) is 0.286. The molecule has 1 aliphatic heterocycles. The molecule has 0 radical (unpaired) electrons. The smallest absolute Gasteiger partial charge is 0.243 e. The van der Waals surface area contributed by atoms with Crippen molar-refractivity contribution in [2.24, 2.45) is 11.7 Å². The Labute approximate surface area is 115 Å². The van der Waals surface area contributed by atoms with E-state index < -0.39 is 10.0 Å². The Hall–Kier alpha value is -0.910. The highest BCUT2D eigenvalue weighted by Gasteiger charge is 2.30. The summed E-state index contributed by atoms with van der Waals surface area (Å²) in [5.41, 5.74) is 7.45. The zero-order valence-electron chi connectivity index (χ0n) is 11.6. The number of benzene rings is 1. The number of nitrogens with zero attached hydrogens (tertiary/aromatic N) is 1. The topological polar surface area (TPSA) is 63.4 Å². The van der Waals surface area contributed by atoms with Crippen molar-refractivity contribution in [1.82, 2.24) is 4.31 Å². The lowest BCUT2D eigenvalue weighted by Crippen LogP contribution is -2.42. The second-order valence-electron chi connectivity index (χ2n) is 5.38. The second-order valence-corrected chi connectivity index (χ2v) is 7.28. The average molecular weight is 282 g/mol. The summed E-state index contributed by atoms with van der Waals surface area (Å²) in [6, 6.07) is 5.57. The van der Waals surface area contributed by atoms with Gasteiger partial charge in [0.15, 0.2) is 0 Å². The van der Waals surface area contributed by atoms with Crippen molar-refractivity contribution < 1.29 is 8.42 Å². The molecule has 0 saturated carbocycles. The minimum Gasteiger partial charge on any atom is -0.330 e. The Morgan fingerprint density at radius 1 is 1.37 bits per heavy atom. The van der Waals surface area contributed by atoms with Crippen molar-refractivity contribution in [3.63, 3.8) is 0 Å². The molecular formula is C14H22N2O2S. The highest BCUT2D eigenvalue weighted by atomic mass is 32.2. The highest BCUT2D eigenvalue weighted by Crippen LogP contribution is 2.25. The maximum absolute atomic E-state index is 12.7. The lowest BCUT2D eigenvalue weighted by atomic mass is 10.0. The lowest BCUT2D eigenvalue weighted by Gasteiger charge is -2.31. The molecule has 0 bridgehead atoms. The van der Waals surface area contributed by atoms with Gasteiger partial charge in [0.2, 0.25) is 10.0 Å². The van der Waals surface area contributed by atoms with Crippen LogP contribution in [-0.2, 0) is 10.0 Å². The number of nitrogens with two attached hydrogens (primary N) is 1. The van der Waals surface area contributed by atoms with Crippen LogP contribution >= 0.6 is 0 Å². The van der Waals surface area contributed by atoms with Gasteiger partial charge in [-0.05, 0) is 56.3 Å². The van der Waals surface area contributed by atoms with Gasteiger partial charge in [-0.1, -0.05) is 12.1 Å². The number of hydrogen-bond acceptors (Lipinski definition) is 3. The van der Waals surface area contributed by atoms with Crippen LogP contribution in [0, 0.1) is 19.8 Å². The van der Waals surface area contributed by atoms with E-state index in [1.807, 2.05) is 26.0 Å². The molecule has 106 valence electrons. The number of aryl methyl sites for hydroxylation is 2. The number of sulfonamides is 1. The third-order valence-corrected chi connectivity index (χ3v) is 5.78. The van der Waals surface area contributed by atoms with Gasteiger partial charge in [0, 0.05) is 13.1 Å². The number of piperidine rings is 1. The molecule has 0 spiro atoms. The van der Waals surface area contributed by atoms with Gasteiger partial charge in [0.1, 0.15) is 0 Å². The average Bonchev–Trinajstić information content (AvgIpc) is 2.41. The summed E-state index contributed by atoms with van der Waals surface area (Å²) >= 11 is 0. The molecule has 1 aliphatic rings. The van der Waals surface area contributed by atoms with Crippen LogP contribution in [0.15, 0.2) is 23.1 Å². The molecule has 0 aromatic heterocycles. The largest absolute Gasteiger partial charge is 0.330 e. The predicted molar refractivity (Wildman–Crippen MR) is 76.5 cm³/mol. The van der Waals surface area contributed by atoms with E-state index in [0.29, 0.717) is 24.5 Å². The molecule has 4 nitrogen and oxygen atoms in total. The number of hydrogen-bond donors (Lipinski definition) is 1. The predicted octanol–water partition coefficient (Wildman–Crippen LogP) is 1.66. The van der Waals surface area contributed by atoms with Gasteiger partial charge >= 0.3 is 0 Å². The molecule has 1 aromatic rings. The summed E-state index contributed by atoms with van der Waals surface area (Å²) in [6.07, 6.45) is 1.92. The van der Waals surface area contributed by atoms with E-state index in [9.17, 15) is 8.42 Å². The first-order valence-corrected chi connectivity index (χ1v) is 8.16. The molecule has 5 heteroatoms. The molecule has 1 aromatic carbocycles. The Kier molecular flexibility index (Phi) is 4.28. The van der Waals surface area contributed by atoms with Gasteiger partial charge in [0.05, 0.1) is 4.90 Å². The second kappa shape index (κ2) is 5.61. The summed E-state index contributed by atoms with van der Waals surface area (Å²) in [7, 11) is -3.38. The third kappa shape index (κ3) is 2.99. The fraction of sp³-hybridized carbons (Fsp3) is 0.571. The molecule has 2 N–H and O–H groups in total. The van der Waals surface area contributed by atoms with Crippen LogP contribution in [0.4, 0.5) is 0 Å². The van der Waals surface area contributed by atoms with Crippen molar-refractivity contribution >= 4 is 10.0 Å². The van der Waals surface area contributed by atoms with Crippen molar-refractivity contribution in [1.29, 1.82) is 0 Å². The van der Waals surface area contributed by atoms with Gasteiger partial charge in [-0.2, -0.15) is 4.31 Å². The SMILES string of the molecule is Cc1ccc(C)c(S(=O)(=O)N2CCCC(CN)C2)c1. The van der Waals surface area contributed by atoms with Crippen LogP contribution in [0.25, 0.3) is 0 Å². The summed E-state index contributed by atoms with van der Waals surface area (Å²) in [6.45, 7) is 5.46. The first-order chi connectivity index (χ1) is 8.95. The van der Waals surface area contributed by atoms with Crippen LogP contribution < -0.4 is 5.73 Å². The monoisotopic (exact) mass is 282 g/mol. The molecule has 1 unspecified atom stereocenters. The van der Waals surface area contributed by atoms with Crippen molar-refractivity contribution in [2.75, 3.05) is 19.6 Å². The standard InChI is InChI=1S/C14H22N2O2S/c1-11-5-6-12(2)14(8-11)19(17,18)16-7-3-4-13(9-15)10-16/h5-6,8,13H,3-4,7,9-10,15H2,1-2H3. The first-order valence-electron chi connectivity index (χ1n) is 6.72. The van der Waals surface area contributed by atoms with Crippen molar-refractivity contribution in [3.8, 4) is 0 Å². The summed E-state index contributed by atoms with van der Waals surface area (Å²) < 4.78 is 27.0. The molecular weight excluding hydrogens is 260 g/mol. The Morgan fingerprint density at radius 3 is 2.79 bits per heavy atom. The Balaban J connectivity index is 2.34. The van der Waals surface area contributed by atoms with Crippen molar-refractivity contribution in [2.45, 2.75) is 31.6 Å². The van der Waals surface area contributed by atoms with Gasteiger partial charge in [-0.3, -0.25) is 0 Å². The minimum atomic E-state index is -3.38. The molecule has 0 aliphatic carbocycles. The summed E-state index contributed by atoms with van der Waals surface area (Å²) in [4.78, 5) is 0.435. The molecule has 1 fully saturated rings. The van der Waals surface area contributed by atoms with Crippen LogP contribution in [0.3, 0.4) is 0 Å². The van der Waals surface area contributed by atoms with E-state index in [1.54, 1.807) is 10.4 Å². The molecule has 0 amide bonds. The van der Waals surface area contributed by atoms with Gasteiger partial charge < -0.3 is 5.73 Å². The van der Waals surface area contributed by atoms with E-state index >= 15 is 0 Å². The van der Waals surface area contributed by atoms with Crippen LogP contribution in [0.1, 0.15) is 24.0 Å². The molecule has 1 atom stereocenters. The van der Waals surface area contributed by atoms with E-state index in [-0.39, 0.29) is 5.92 Å². The molecule has 19 heavy (non-hydrogen) atoms. The van der Waals surface area contributed by atoms with E-state index in [0.717, 1.165) is 24.0 Å². The highest BCUT2D eigenvalue weighted by molar-refractivity contribution is 7.89. The normalized spacial score (nSPS) is 21.5. The van der Waals surface area contributed by atoms with Crippen LogP contribution in [0.5, 0.6) is 0 Å². The lowest BCUT2D eigenvalue weighted by molar-refractivity contribution is 0.271. The van der Waals surface area contributed by atoms with Crippen molar-refractivity contribution in [3.05, 3.63) is 29.3 Å². The van der Waals surface area contributed by atoms with Gasteiger partial charge in [0.25, 0.3) is 0 Å². The van der Waals surface area contributed by atoms with E-state index in [2.05, 4.69) is 0 Å². The zero-order chi connectivity index (χ0) is 14.0. The first kappa shape index (κ1) is 14.5. The quantitative estimate of drug-likeness (QED) is 0.917. The maximum atomic E-state index is 12.7. The van der Waals surface area contributed by atoms with E-state index in [1.165, 1.54) is 0 Å². The Bertz CT molecular complexity index is 555. The third-order valence-electron chi connectivity index (χ3n) is 3.78. The van der Waals surface area contributed by atoms with Crippen LogP contribution in [-0.4, -0.2) is 32.4 Å². The molecule has 1 saturated heterocycles. The minimum absolute atomic E-state index is 0.286. The van der Waals surface area contributed by atoms with Gasteiger partial charge in [-0.25, -0.2) is 8.42 Å². The van der Waals surface area contributed by atoms with Gasteiger partial charge in [-0.15, -0.1) is 0 Å². The van der Waals surface area contributed by atoms with Crippen LogP contribution in [0.2, 0.25) is 0 Å². The number of rotatable bonds is 3. The fourth-order valence-corrected chi connectivity index (χ4v) is 4.43.